The van der Waals surface area contributed by atoms with Crippen LogP contribution in [-0.2, 0) is 0 Å². The molecule has 5 heteroatoms. The first-order valence-electron chi connectivity index (χ1n) is 3.96. The second kappa shape index (κ2) is 3.52. The van der Waals surface area contributed by atoms with E-state index in [0.29, 0.717) is 11.6 Å². The van der Waals surface area contributed by atoms with Crippen molar-refractivity contribution in [1.29, 1.82) is 5.26 Å². The molecule has 1 aromatic heterocycles. The molecule has 70 valence electrons. The quantitative estimate of drug-likeness (QED) is 0.758. The average molecular weight is 205 g/mol. The number of nitrogen functional groups attached to an aromatic ring is 1. The number of nitrogens with zero attached hydrogens (tertiary/aromatic N) is 2. The van der Waals surface area contributed by atoms with Gasteiger partial charge in [0.1, 0.15) is 6.07 Å². The molecule has 0 amide bonds. The zero-order valence-electron chi connectivity index (χ0n) is 7.23. The van der Waals surface area contributed by atoms with Gasteiger partial charge in [0.15, 0.2) is 6.61 Å². The fraction of sp³-hybridized carbons (Fsp3) is 0.111. The maximum absolute atomic E-state index is 8.37. The zero-order valence-corrected chi connectivity index (χ0v) is 8.04. The molecule has 0 saturated carbocycles. The van der Waals surface area contributed by atoms with Crippen LogP contribution >= 0.6 is 11.5 Å². The summed E-state index contributed by atoms with van der Waals surface area (Å²) >= 11 is 1.33. The summed E-state index contributed by atoms with van der Waals surface area (Å²) in [6.07, 6.45) is 0. The van der Waals surface area contributed by atoms with Gasteiger partial charge in [0.2, 0.25) is 5.88 Å². The molecule has 1 heterocycles. The maximum Gasteiger partial charge on any atom is 0.234 e. The maximum atomic E-state index is 8.37. The van der Waals surface area contributed by atoms with Crippen LogP contribution in [0.15, 0.2) is 18.2 Å². The summed E-state index contributed by atoms with van der Waals surface area (Å²) in [7, 11) is 0. The van der Waals surface area contributed by atoms with Crippen LogP contribution in [0.3, 0.4) is 0 Å². The van der Waals surface area contributed by atoms with Crippen LogP contribution < -0.4 is 10.5 Å². The number of anilines is 1. The number of nitrogens with two attached hydrogens (primary N) is 1. The number of benzene rings is 1. The Kier molecular flexibility index (Phi) is 2.21. The number of hydrogen-bond acceptors (Lipinski definition) is 5. The zero-order chi connectivity index (χ0) is 9.97. The van der Waals surface area contributed by atoms with Gasteiger partial charge in [-0.15, -0.1) is 0 Å². The largest absolute Gasteiger partial charge is 0.461 e. The summed E-state index contributed by atoms with van der Waals surface area (Å²) < 4.78 is 10.2. The van der Waals surface area contributed by atoms with Gasteiger partial charge in [-0.2, -0.15) is 9.64 Å². The Morgan fingerprint density at radius 3 is 3.21 bits per heavy atom. The van der Waals surface area contributed by atoms with Crippen LogP contribution in [0.25, 0.3) is 10.1 Å². The molecule has 4 nitrogen and oxygen atoms in total. The van der Waals surface area contributed by atoms with Gasteiger partial charge in [-0.3, -0.25) is 0 Å². The van der Waals surface area contributed by atoms with Crippen molar-refractivity contribution in [2.24, 2.45) is 0 Å². The van der Waals surface area contributed by atoms with Gasteiger partial charge < -0.3 is 10.5 Å². The summed E-state index contributed by atoms with van der Waals surface area (Å²) in [5, 5.41) is 9.23. The van der Waals surface area contributed by atoms with Gasteiger partial charge in [0, 0.05) is 5.69 Å². The molecule has 0 aliphatic rings. The van der Waals surface area contributed by atoms with E-state index < -0.39 is 0 Å². The number of fused-ring (bicyclic) bond motifs is 1. The minimum absolute atomic E-state index is 0.00757. The molecule has 0 atom stereocenters. The fourth-order valence-corrected chi connectivity index (χ4v) is 1.84. The van der Waals surface area contributed by atoms with Gasteiger partial charge in [-0.1, -0.05) is 0 Å². The van der Waals surface area contributed by atoms with Crippen molar-refractivity contribution in [1.82, 2.24) is 4.37 Å². The summed E-state index contributed by atoms with van der Waals surface area (Å²) in [4.78, 5) is 0. The van der Waals surface area contributed by atoms with E-state index in [1.54, 1.807) is 6.07 Å². The molecule has 0 radical (unpaired) electrons. The molecule has 0 aliphatic heterocycles. The van der Waals surface area contributed by atoms with Crippen molar-refractivity contribution in [2.75, 3.05) is 12.3 Å². The fourth-order valence-electron chi connectivity index (χ4n) is 1.14. The van der Waals surface area contributed by atoms with Gasteiger partial charge in [0.05, 0.1) is 10.1 Å². The Balaban J connectivity index is 2.46. The van der Waals surface area contributed by atoms with Crippen LogP contribution in [0.4, 0.5) is 5.69 Å². The lowest BCUT2D eigenvalue weighted by Crippen LogP contribution is -1.93. The van der Waals surface area contributed by atoms with Crippen LogP contribution in [0.2, 0.25) is 0 Å². The van der Waals surface area contributed by atoms with Crippen LogP contribution in [-0.4, -0.2) is 11.0 Å². The second-order valence-corrected chi connectivity index (χ2v) is 3.50. The van der Waals surface area contributed by atoms with Crippen molar-refractivity contribution >= 4 is 27.3 Å². The smallest absolute Gasteiger partial charge is 0.234 e. The minimum Gasteiger partial charge on any atom is -0.461 e. The summed E-state index contributed by atoms with van der Waals surface area (Å²) in [5.74, 6) is 0.485. The number of nitriles is 1. The lowest BCUT2D eigenvalue weighted by Gasteiger charge is -1.97. The van der Waals surface area contributed by atoms with Gasteiger partial charge in [0.25, 0.3) is 0 Å². The molecular formula is C9H7N3OS. The summed E-state index contributed by atoms with van der Waals surface area (Å²) in [6, 6.07) is 7.40. The highest BCUT2D eigenvalue weighted by molar-refractivity contribution is 7.13. The van der Waals surface area contributed by atoms with Crippen LogP contribution in [0.1, 0.15) is 0 Å². The highest BCUT2D eigenvalue weighted by Crippen LogP contribution is 2.29. The molecule has 2 rings (SSSR count). The second-order valence-electron chi connectivity index (χ2n) is 2.69. The monoisotopic (exact) mass is 205 g/mol. The third-order valence-electron chi connectivity index (χ3n) is 1.73. The van der Waals surface area contributed by atoms with E-state index in [9.17, 15) is 0 Å². The highest BCUT2D eigenvalue weighted by Gasteiger charge is 2.06. The number of ether oxygens (including phenoxy) is 1. The van der Waals surface area contributed by atoms with Crippen molar-refractivity contribution in [3.8, 4) is 11.9 Å². The van der Waals surface area contributed by atoms with E-state index in [1.807, 2.05) is 18.2 Å². The van der Waals surface area contributed by atoms with Crippen molar-refractivity contribution in [3.63, 3.8) is 0 Å². The minimum atomic E-state index is 0.00757. The molecule has 2 N–H and O–H groups in total. The Hall–Kier alpha value is -1.80. The third-order valence-corrected chi connectivity index (χ3v) is 2.54. The van der Waals surface area contributed by atoms with Crippen LogP contribution in [0, 0.1) is 11.3 Å². The Bertz CT molecular complexity index is 500. The Morgan fingerprint density at radius 1 is 1.57 bits per heavy atom. The van der Waals surface area contributed by atoms with E-state index >= 15 is 0 Å². The molecule has 0 fully saturated rings. The van der Waals surface area contributed by atoms with E-state index in [4.69, 9.17) is 15.7 Å². The number of rotatable bonds is 2. The first kappa shape index (κ1) is 8.78. The Labute approximate surface area is 84.7 Å². The predicted molar refractivity (Wildman–Crippen MR) is 55.1 cm³/mol. The van der Waals surface area contributed by atoms with Crippen molar-refractivity contribution in [2.45, 2.75) is 0 Å². The standard InChI is InChI=1S/C9H7N3OS/c10-3-4-13-9-7-5-6(11)1-2-8(7)14-12-9/h1-2,5H,4,11H2. The lowest BCUT2D eigenvalue weighted by atomic mass is 10.2. The third kappa shape index (κ3) is 1.47. The van der Waals surface area contributed by atoms with E-state index in [0.717, 1.165) is 10.1 Å². The molecule has 0 bridgehead atoms. The molecule has 0 aliphatic carbocycles. The predicted octanol–water partition coefficient (Wildman–Crippen LogP) is 1.78. The van der Waals surface area contributed by atoms with Gasteiger partial charge in [-0.05, 0) is 29.7 Å². The molecule has 0 saturated heterocycles. The Morgan fingerprint density at radius 2 is 2.43 bits per heavy atom. The number of hydrogen-bond donors (Lipinski definition) is 1. The van der Waals surface area contributed by atoms with Gasteiger partial charge >= 0.3 is 0 Å². The topological polar surface area (TPSA) is 71.9 Å². The van der Waals surface area contributed by atoms with Crippen LogP contribution in [0.5, 0.6) is 5.88 Å². The van der Waals surface area contributed by atoms with E-state index in [1.165, 1.54) is 11.5 Å². The van der Waals surface area contributed by atoms with Gasteiger partial charge in [-0.25, -0.2) is 0 Å². The molecule has 0 unspecified atom stereocenters. The summed E-state index contributed by atoms with van der Waals surface area (Å²) in [5.41, 5.74) is 6.30. The van der Waals surface area contributed by atoms with E-state index in [2.05, 4.69) is 4.37 Å². The first-order valence-corrected chi connectivity index (χ1v) is 4.73. The van der Waals surface area contributed by atoms with Crippen molar-refractivity contribution < 1.29 is 4.74 Å². The highest BCUT2D eigenvalue weighted by atomic mass is 32.1. The lowest BCUT2D eigenvalue weighted by molar-refractivity contribution is 0.362. The molecular weight excluding hydrogens is 198 g/mol. The number of aromatic nitrogens is 1. The molecule has 14 heavy (non-hydrogen) atoms. The average Bonchev–Trinajstić information content (AvgIpc) is 2.57. The molecule has 2 aromatic rings. The molecule has 0 spiro atoms. The van der Waals surface area contributed by atoms with Crippen molar-refractivity contribution in [3.05, 3.63) is 18.2 Å². The SMILES string of the molecule is N#CCOc1nsc2ccc(N)cc12. The summed E-state index contributed by atoms with van der Waals surface area (Å²) in [6.45, 7) is 0.00757. The normalized spacial score (nSPS) is 9.93. The molecule has 1 aromatic carbocycles. The first-order chi connectivity index (χ1) is 6.81. The van der Waals surface area contributed by atoms with E-state index in [-0.39, 0.29) is 6.61 Å².